The molecule has 100 valence electrons. The van der Waals surface area contributed by atoms with E-state index in [-0.39, 0.29) is 0 Å². The van der Waals surface area contributed by atoms with Crippen molar-refractivity contribution >= 4 is 11.8 Å². The maximum absolute atomic E-state index is 4.51. The van der Waals surface area contributed by atoms with E-state index in [2.05, 4.69) is 39.2 Å². The molecule has 1 aromatic heterocycles. The molecule has 2 heterocycles. The highest BCUT2D eigenvalue weighted by Gasteiger charge is 2.21. The van der Waals surface area contributed by atoms with Gasteiger partial charge in [0, 0.05) is 32.9 Å². The molecule has 0 spiro atoms. The fourth-order valence-electron chi connectivity index (χ4n) is 2.46. The van der Waals surface area contributed by atoms with E-state index in [1.165, 1.54) is 19.5 Å². The van der Waals surface area contributed by atoms with Crippen LogP contribution in [0, 0.1) is 5.92 Å². The lowest BCUT2D eigenvalue weighted by Crippen LogP contribution is -2.28. The molecule has 0 saturated carbocycles. The Morgan fingerprint density at radius 3 is 3.06 bits per heavy atom. The van der Waals surface area contributed by atoms with Gasteiger partial charge >= 0.3 is 0 Å². The van der Waals surface area contributed by atoms with Gasteiger partial charge in [0.25, 0.3) is 0 Å². The first-order valence-electron chi connectivity index (χ1n) is 6.65. The zero-order valence-corrected chi connectivity index (χ0v) is 11.6. The predicted molar refractivity (Wildman–Crippen MR) is 75.1 cm³/mol. The molecule has 1 aromatic rings. The van der Waals surface area contributed by atoms with E-state index in [1.807, 2.05) is 19.2 Å². The van der Waals surface area contributed by atoms with Gasteiger partial charge in [-0.25, -0.2) is 4.98 Å². The third kappa shape index (κ3) is 3.32. The average Bonchev–Trinajstić information content (AvgIpc) is 2.75. The van der Waals surface area contributed by atoms with Crippen LogP contribution in [0.5, 0.6) is 0 Å². The average molecular weight is 249 g/mol. The Labute approximate surface area is 109 Å². The summed E-state index contributed by atoms with van der Waals surface area (Å²) in [6.45, 7) is 6.36. The lowest BCUT2D eigenvalue weighted by molar-refractivity contribution is 0.395. The molecular weight excluding hydrogens is 226 g/mol. The first-order chi connectivity index (χ1) is 8.69. The molecule has 1 saturated heterocycles. The molecule has 0 bridgehead atoms. The highest BCUT2D eigenvalue weighted by Crippen LogP contribution is 2.18. The second kappa shape index (κ2) is 6.00. The van der Waals surface area contributed by atoms with Gasteiger partial charge in [-0.05, 0) is 38.9 Å². The van der Waals surface area contributed by atoms with Crippen molar-refractivity contribution in [3.63, 3.8) is 0 Å². The summed E-state index contributed by atoms with van der Waals surface area (Å²) in [5.74, 6) is 2.46. The highest BCUT2D eigenvalue weighted by atomic mass is 15.2. The van der Waals surface area contributed by atoms with Crippen molar-refractivity contribution in [2.45, 2.75) is 13.3 Å². The van der Waals surface area contributed by atoms with E-state index in [0.29, 0.717) is 5.95 Å². The molecule has 0 aromatic carbocycles. The lowest BCUT2D eigenvalue weighted by atomic mass is 10.1. The molecule has 5 heteroatoms. The Hall–Kier alpha value is -1.36. The van der Waals surface area contributed by atoms with Crippen LogP contribution in [-0.2, 0) is 0 Å². The maximum Gasteiger partial charge on any atom is 0.224 e. The zero-order valence-electron chi connectivity index (χ0n) is 11.6. The standard InChI is InChI=1S/C13H23N5/c1-4-14-13-15-7-5-12(16-13)18(3)10-11-6-8-17(2)9-11/h5,7,11H,4,6,8-10H2,1-3H3,(H,14,15,16). The molecule has 0 radical (unpaired) electrons. The van der Waals surface area contributed by atoms with Crippen LogP contribution >= 0.6 is 0 Å². The Balaban J connectivity index is 1.95. The molecule has 1 aliphatic heterocycles. The van der Waals surface area contributed by atoms with Crippen LogP contribution in [0.1, 0.15) is 13.3 Å². The fourth-order valence-corrected chi connectivity index (χ4v) is 2.46. The van der Waals surface area contributed by atoms with Gasteiger partial charge in [-0.3, -0.25) is 0 Å². The minimum atomic E-state index is 0.713. The Morgan fingerprint density at radius 2 is 2.39 bits per heavy atom. The number of nitrogens with one attached hydrogen (secondary N) is 1. The molecule has 2 rings (SSSR count). The number of aromatic nitrogens is 2. The van der Waals surface area contributed by atoms with Crippen molar-refractivity contribution in [1.82, 2.24) is 14.9 Å². The minimum absolute atomic E-state index is 0.713. The zero-order chi connectivity index (χ0) is 13.0. The summed E-state index contributed by atoms with van der Waals surface area (Å²) in [6, 6.07) is 1.97. The third-order valence-electron chi connectivity index (χ3n) is 3.39. The molecule has 0 aliphatic carbocycles. The smallest absolute Gasteiger partial charge is 0.224 e. The van der Waals surface area contributed by atoms with E-state index in [9.17, 15) is 0 Å². The number of nitrogens with zero attached hydrogens (tertiary/aromatic N) is 4. The van der Waals surface area contributed by atoms with Crippen LogP contribution < -0.4 is 10.2 Å². The van der Waals surface area contributed by atoms with Gasteiger partial charge < -0.3 is 15.1 Å². The van der Waals surface area contributed by atoms with Crippen molar-refractivity contribution in [2.24, 2.45) is 5.92 Å². The van der Waals surface area contributed by atoms with Gasteiger partial charge in [-0.15, -0.1) is 0 Å². The van der Waals surface area contributed by atoms with Crippen molar-refractivity contribution in [1.29, 1.82) is 0 Å². The van der Waals surface area contributed by atoms with Gasteiger partial charge in [-0.1, -0.05) is 0 Å². The van der Waals surface area contributed by atoms with E-state index in [0.717, 1.165) is 24.8 Å². The second-order valence-electron chi connectivity index (χ2n) is 5.07. The third-order valence-corrected chi connectivity index (χ3v) is 3.39. The predicted octanol–water partition coefficient (Wildman–Crippen LogP) is 1.30. The molecule has 1 N–H and O–H groups in total. The van der Waals surface area contributed by atoms with Gasteiger partial charge in [0.1, 0.15) is 5.82 Å². The normalized spacial score (nSPS) is 20.1. The molecule has 0 amide bonds. The number of anilines is 2. The molecule has 1 aliphatic rings. The molecule has 5 nitrogen and oxygen atoms in total. The summed E-state index contributed by atoms with van der Waals surface area (Å²) in [4.78, 5) is 13.3. The molecule has 18 heavy (non-hydrogen) atoms. The van der Waals surface area contributed by atoms with Crippen LogP contribution in [0.4, 0.5) is 11.8 Å². The fraction of sp³-hybridized carbons (Fsp3) is 0.692. The van der Waals surface area contributed by atoms with E-state index in [1.54, 1.807) is 0 Å². The first-order valence-corrected chi connectivity index (χ1v) is 6.65. The maximum atomic E-state index is 4.51. The minimum Gasteiger partial charge on any atom is -0.359 e. The van der Waals surface area contributed by atoms with Crippen LogP contribution in [0.2, 0.25) is 0 Å². The molecular formula is C13H23N5. The topological polar surface area (TPSA) is 44.3 Å². The number of hydrogen-bond acceptors (Lipinski definition) is 5. The van der Waals surface area contributed by atoms with E-state index < -0.39 is 0 Å². The molecule has 1 fully saturated rings. The SMILES string of the molecule is CCNc1nccc(N(C)CC2CCN(C)C2)n1. The van der Waals surface area contributed by atoms with Crippen LogP contribution in [-0.4, -0.2) is 55.1 Å². The Morgan fingerprint density at radius 1 is 1.56 bits per heavy atom. The second-order valence-corrected chi connectivity index (χ2v) is 5.07. The summed E-state index contributed by atoms with van der Waals surface area (Å²) < 4.78 is 0. The van der Waals surface area contributed by atoms with E-state index >= 15 is 0 Å². The number of rotatable bonds is 5. The molecule has 1 atom stereocenters. The van der Waals surface area contributed by atoms with Crippen molar-refractivity contribution < 1.29 is 0 Å². The van der Waals surface area contributed by atoms with Gasteiger partial charge in [-0.2, -0.15) is 4.98 Å². The highest BCUT2D eigenvalue weighted by molar-refractivity contribution is 5.41. The summed E-state index contributed by atoms with van der Waals surface area (Å²) in [6.07, 6.45) is 3.10. The van der Waals surface area contributed by atoms with Crippen LogP contribution in [0.15, 0.2) is 12.3 Å². The molecule has 1 unspecified atom stereocenters. The van der Waals surface area contributed by atoms with Crippen molar-refractivity contribution in [2.75, 3.05) is 50.5 Å². The van der Waals surface area contributed by atoms with Crippen molar-refractivity contribution in [3.8, 4) is 0 Å². The first kappa shape index (κ1) is 13.1. The monoisotopic (exact) mass is 249 g/mol. The largest absolute Gasteiger partial charge is 0.359 e. The summed E-state index contributed by atoms with van der Waals surface area (Å²) in [5, 5.41) is 3.15. The quantitative estimate of drug-likeness (QED) is 0.852. The van der Waals surface area contributed by atoms with Crippen molar-refractivity contribution in [3.05, 3.63) is 12.3 Å². The lowest BCUT2D eigenvalue weighted by Gasteiger charge is -2.22. The van der Waals surface area contributed by atoms with Crippen LogP contribution in [0.25, 0.3) is 0 Å². The van der Waals surface area contributed by atoms with Crippen LogP contribution in [0.3, 0.4) is 0 Å². The van der Waals surface area contributed by atoms with Gasteiger partial charge in [0.2, 0.25) is 5.95 Å². The number of likely N-dealkylation sites (tertiary alicyclic amines) is 1. The summed E-state index contributed by atoms with van der Waals surface area (Å²) in [7, 11) is 4.30. The van der Waals surface area contributed by atoms with Gasteiger partial charge in [0.15, 0.2) is 0 Å². The van der Waals surface area contributed by atoms with Gasteiger partial charge in [0.05, 0.1) is 0 Å². The number of hydrogen-bond donors (Lipinski definition) is 1. The summed E-state index contributed by atoms with van der Waals surface area (Å²) >= 11 is 0. The summed E-state index contributed by atoms with van der Waals surface area (Å²) in [5.41, 5.74) is 0. The Bertz CT molecular complexity index is 381. The Kier molecular flexibility index (Phi) is 4.36. The van der Waals surface area contributed by atoms with E-state index in [4.69, 9.17) is 0 Å².